The summed E-state index contributed by atoms with van der Waals surface area (Å²) >= 11 is 0. The summed E-state index contributed by atoms with van der Waals surface area (Å²) < 4.78 is 10.1. The molecule has 1 aliphatic heterocycles. The summed E-state index contributed by atoms with van der Waals surface area (Å²) in [7, 11) is 1.70. The van der Waals surface area contributed by atoms with E-state index in [1.807, 2.05) is 0 Å². The van der Waals surface area contributed by atoms with Crippen molar-refractivity contribution in [3.8, 4) is 0 Å². The molecule has 0 aromatic heterocycles. The maximum Gasteiger partial charge on any atom is 0.0621 e. The van der Waals surface area contributed by atoms with Gasteiger partial charge in [0, 0.05) is 32.2 Å². The van der Waals surface area contributed by atoms with Crippen molar-refractivity contribution >= 4 is 0 Å². The topological polar surface area (TPSA) is 56.5 Å². The molecule has 0 spiro atoms. The SMILES string of the molecule is COCCNCC1COCC1N. The van der Waals surface area contributed by atoms with Crippen LogP contribution in [-0.4, -0.2) is 46.1 Å². The molecule has 1 aliphatic rings. The first-order valence-electron chi connectivity index (χ1n) is 4.37. The van der Waals surface area contributed by atoms with Gasteiger partial charge in [-0.3, -0.25) is 0 Å². The highest BCUT2D eigenvalue weighted by Crippen LogP contribution is 2.09. The van der Waals surface area contributed by atoms with Crippen molar-refractivity contribution in [2.45, 2.75) is 6.04 Å². The van der Waals surface area contributed by atoms with E-state index in [-0.39, 0.29) is 6.04 Å². The Morgan fingerprint density at radius 1 is 1.58 bits per heavy atom. The number of ether oxygens (including phenoxy) is 2. The Kier molecular flexibility index (Phi) is 4.53. The van der Waals surface area contributed by atoms with Gasteiger partial charge in [0.2, 0.25) is 0 Å². The van der Waals surface area contributed by atoms with Crippen LogP contribution in [0.25, 0.3) is 0 Å². The first-order valence-corrected chi connectivity index (χ1v) is 4.37. The second kappa shape index (κ2) is 5.48. The molecule has 1 heterocycles. The Morgan fingerprint density at radius 2 is 2.42 bits per heavy atom. The fourth-order valence-electron chi connectivity index (χ4n) is 1.29. The van der Waals surface area contributed by atoms with E-state index >= 15 is 0 Å². The van der Waals surface area contributed by atoms with E-state index < -0.39 is 0 Å². The molecule has 0 saturated carbocycles. The summed E-state index contributed by atoms with van der Waals surface area (Å²) in [5, 5.41) is 3.27. The van der Waals surface area contributed by atoms with Crippen LogP contribution in [0.4, 0.5) is 0 Å². The van der Waals surface area contributed by atoms with Gasteiger partial charge in [0.05, 0.1) is 19.8 Å². The first-order chi connectivity index (χ1) is 5.84. The third kappa shape index (κ3) is 3.06. The normalized spacial score (nSPS) is 29.5. The number of methoxy groups -OCH3 is 1. The Labute approximate surface area is 73.4 Å². The molecule has 12 heavy (non-hydrogen) atoms. The van der Waals surface area contributed by atoms with Crippen molar-refractivity contribution < 1.29 is 9.47 Å². The Bertz CT molecular complexity index is 122. The summed E-state index contributed by atoms with van der Waals surface area (Å²) in [5.74, 6) is 0.474. The van der Waals surface area contributed by atoms with Crippen molar-refractivity contribution in [2.24, 2.45) is 11.7 Å². The highest BCUT2D eigenvalue weighted by atomic mass is 16.5. The van der Waals surface area contributed by atoms with Crippen LogP contribution in [0.15, 0.2) is 0 Å². The molecule has 1 saturated heterocycles. The summed E-state index contributed by atoms with van der Waals surface area (Å²) in [6.45, 7) is 4.07. The van der Waals surface area contributed by atoms with Gasteiger partial charge in [0.1, 0.15) is 0 Å². The van der Waals surface area contributed by atoms with Gasteiger partial charge in [-0.1, -0.05) is 0 Å². The first kappa shape index (κ1) is 9.92. The molecular formula is C8H18N2O2. The smallest absolute Gasteiger partial charge is 0.0621 e. The third-order valence-corrected chi connectivity index (χ3v) is 2.14. The molecule has 0 bridgehead atoms. The monoisotopic (exact) mass is 174 g/mol. The fourth-order valence-corrected chi connectivity index (χ4v) is 1.29. The van der Waals surface area contributed by atoms with Crippen LogP contribution >= 0.6 is 0 Å². The van der Waals surface area contributed by atoms with E-state index in [2.05, 4.69) is 5.32 Å². The van der Waals surface area contributed by atoms with Gasteiger partial charge in [0.15, 0.2) is 0 Å². The van der Waals surface area contributed by atoms with E-state index in [0.717, 1.165) is 26.3 Å². The predicted molar refractivity (Wildman–Crippen MR) is 47.0 cm³/mol. The van der Waals surface area contributed by atoms with Crippen molar-refractivity contribution in [3.05, 3.63) is 0 Å². The van der Waals surface area contributed by atoms with E-state index in [0.29, 0.717) is 12.5 Å². The zero-order valence-electron chi connectivity index (χ0n) is 7.58. The second-order valence-corrected chi connectivity index (χ2v) is 3.16. The van der Waals surface area contributed by atoms with Gasteiger partial charge in [-0.25, -0.2) is 0 Å². The van der Waals surface area contributed by atoms with Gasteiger partial charge < -0.3 is 20.5 Å². The largest absolute Gasteiger partial charge is 0.383 e. The molecule has 2 atom stereocenters. The summed E-state index contributed by atoms with van der Waals surface area (Å²) in [4.78, 5) is 0. The number of nitrogens with two attached hydrogens (primary N) is 1. The second-order valence-electron chi connectivity index (χ2n) is 3.16. The number of rotatable bonds is 5. The highest BCUT2D eigenvalue weighted by molar-refractivity contribution is 4.79. The summed E-state index contributed by atoms with van der Waals surface area (Å²) in [6, 6.07) is 0.208. The van der Waals surface area contributed by atoms with E-state index in [9.17, 15) is 0 Å². The highest BCUT2D eigenvalue weighted by Gasteiger charge is 2.23. The summed E-state index contributed by atoms with van der Waals surface area (Å²) in [6.07, 6.45) is 0. The molecule has 0 amide bonds. The molecule has 3 N–H and O–H groups in total. The van der Waals surface area contributed by atoms with Crippen molar-refractivity contribution in [1.29, 1.82) is 0 Å². The molecule has 1 rings (SSSR count). The van der Waals surface area contributed by atoms with E-state index in [1.165, 1.54) is 0 Å². The lowest BCUT2D eigenvalue weighted by atomic mass is 10.1. The number of hydrogen-bond donors (Lipinski definition) is 2. The molecular weight excluding hydrogens is 156 g/mol. The van der Waals surface area contributed by atoms with Crippen LogP contribution in [0.5, 0.6) is 0 Å². The molecule has 0 aliphatic carbocycles. The zero-order valence-corrected chi connectivity index (χ0v) is 7.58. The lowest BCUT2D eigenvalue weighted by Crippen LogP contribution is -2.36. The van der Waals surface area contributed by atoms with Crippen LogP contribution in [0.2, 0.25) is 0 Å². The Balaban J connectivity index is 1.98. The fraction of sp³-hybridized carbons (Fsp3) is 1.00. The predicted octanol–water partition coefficient (Wildman–Crippen LogP) is -0.804. The molecule has 1 fully saturated rings. The Morgan fingerprint density at radius 3 is 3.00 bits per heavy atom. The van der Waals surface area contributed by atoms with Crippen LogP contribution in [-0.2, 0) is 9.47 Å². The van der Waals surface area contributed by atoms with Gasteiger partial charge in [-0.05, 0) is 0 Å². The Hall–Kier alpha value is -0.160. The lowest BCUT2D eigenvalue weighted by molar-refractivity contribution is 0.180. The van der Waals surface area contributed by atoms with Crippen LogP contribution in [0, 0.1) is 5.92 Å². The standard InChI is InChI=1S/C8H18N2O2/c1-11-3-2-10-4-7-5-12-6-8(7)9/h7-8,10H,2-6,9H2,1H3. The van der Waals surface area contributed by atoms with Crippen molar-refractivity contribution in [1.82, 2.24) is 5.32 Å². The number of nitrogens with one attached hydrogen (secondary N) is 1. The number of hydrogen-bond acceptors (Lipinski definition) is 4. The minimum absolute atomic E-state index is 0.208. The third-order valence-electron chi connectivity index (χ3n) is 2.14. The molecule has 0 radical (unpaired) electrons. The van der Waals surface area contributed by atoms with Crippen molar-refractivity contribution in [2.75, 3.05) is 40.0 Å². The van der Waals surface area contributed by atoms with E-state index in [1.54, 1.807) is 7.11 Å². The maximum atomic E-state index is 5.80. The zero-order chi connectivity index (χ0) is 8.81. The van der Waals surface area contributed by atoms with Gasteiger partial charge in [-0.15, -0.1) is 0 Å². The van der Waals surface area contributed by atoms with Gasteiger partial charge in [-0.2, -0.15) is 0 Å². The van der Waals surface area contributed by atoms with Crippen LogP contribution in [0.1, 0.15) is 0 Å². The van der Waals surface area contributed by atoms with Crippen LogP contribution in [0.3, 0.4) is 0 Å². The molecule has 72 valence electrons. The van der Waals surface area contributed by atoms with Crippen molar-refractivity contribution in [3.63, 3.8) is 0 Å². The minimum atomic E-state index is 0.208. The molecule has 2 unspecified atom stereocenters. The average Bonchev–Trinajstić information content (AvgIpc) is 2.46. The minimum Gasteiger partial charge on any atom is -0.383 e. The van der Waals surface area contributed by atoms with E-state index in [4.69, 9.17) is 15.2 Å². The van der Waals surface area contributed by atoms with Crippen LogP contribution < -0.4 is 11.1 Å². The van der Waals surface area contributed by atoms with Gasteiger partial charge >= 0.3 is 0 Å². The quantitative estimate of drug-likeness (QED) is 0.536. The molecule has 4 heteroatoms. The average molecular weight is 174 g/mol. The van der Waals surface area contributed by atoms with Gasteiger partial charge in [0.25, 0.3) is 0 Å². The lowest BCUT2D eigenvalue weighted by Gasteiger charge is -2.13. The summed E-state index contributed by atoms with van der Waals surface area (Å²) in [5.41, 5.74) is 5.80. The molecule has 0 aromatic rings. The maximum absolute atomic E-state index is 5.80. The molecule has 0 aromatic carbocycles. The molecule has 4 nitrogen and oxygen atoms in total.